The Morgan fingerprint density at radius 2 is 1.59 bits per heavy atom. The minimum Gasteiger partial charge on any atom is -0.508 e. The number of phenols is 2. The van der Waals surface area contributed by atoms with Gasteiger partial charge in [-0.05, 0) is 30.2 Å². The van der Waals surface area contributed by atoms with Crippen molar-refractivity contribution in [1.82, 2.24) is 0 Å². The molecule has 0 saturated heterocycles. The van der Waals surface area contributed by atoms with Crippen molar-refractivity contribution in [3.8, 4) is 11.5 Å². The smallest absolute Gasteiger partial charge is 0.119 e. The van der Waals surface area contributed by atoms with Gasteiger partial charge >= 0.3 is 0 Å². The highest BCUT2D eigenvalue weighted by molar-refractivity contribution is 5.52. The Hall–Kier alpha value is -1.96. The quantitative estimate of drug-likeness (QED) is 0.842. The van der Waals surface area contributed by atoms with E-state index in [0.29, 0.717) is 0 Å². The zero-order valence-electron chi connectivity index (χ0n) is 9.72. The first-order valence-electron chi connectivity index (χ1n) is 5.66. The third kappa shape index (κ3) is 2.41. The molecule has 0 aromatic heterocycles. The second kappa shape index (κ2) is 4.91. The molecule has 0 aliphatic carbocycles. The van der Waals surface area contributed by atoms with Gasteiger partial charge in [0.1, 0.15) is 11.5 Å². The van der Waals surface area contributed by atoms with Gasteiger partial charge < -0.3 is 10.2 Å². The van der Waals surface area contributed by atoms with Crippen LogP contribution in [0.2, 0.25) is 0 Å². The monoisotopic (exact) mass is 227 g/mol. The Morgan fingerprint density at radius 1 is 0.941 bits per heavy atom. The highest BCUT2D eigenvalue weighted by Crippen LogP contribution is 2.33. The summed E-state index contributed by atoms with van der Waals surface area (Å²) >= 11 is 0. The van der Waals surface area contributed by atoms with Crippen LogP contribution in [-0.4, -0.2) is 10.2 Å². The number of hydrogen-bond donors (Lipinski definition) is 2. The second-order valence-corrected chi connectivity index (χ2v) is 3.90. The molecule has 17 heavy (non-hydrogen) atoms. The van der Waals surface area contributed by atoms with E-state index in [1.807, 2.05) is 30.3 Å². The molecule has 2 rings (SSSR count). The summed E-state index contributed by atoms with van der Waals surface area (Å²) in [6.07, 6.45) is 0.822. The molecule has 0 heterocycles. The highest BCUT2D eigenvalue weighted by Gasteiger charge is 2.15. The summed E-state index contributed by atoms with van der Waals surface area (Å²) in [6, 6.07) is 14.3. The third-order valence-electron chi connectivity index (χ3n) is 2.80. The second-order valence-electron chi connectivity index (χ2n) is 3.90. The molecule has 2 aromatic carbocycles. The first kappa shape index (κ1) is 11.5. The molecule has 1 radical (unpaired) electrons. The van der Waals surface area contributed by atoms with Gasteiger partial charge in [0.05, 0.1) is 0 Å². The van der Waals surface area contributed by atoms with Crippen LogP contribution in [0.5, 0.6) is 11.5 Å². The molecule has 0 fully saturated rings. The molecule has 2 N–H and O–H groups in total. The number of rotatable bonds is 3. The van der Waals surface area contributed by atoms with E-state index in [9.17, 15) is 10.2 Å². The molecule has 0 aliphatic heterocycles. The van der Waals surface area contributed by atoms with Crippen molar-refractivity contribution >= 4 is 0 Å². The molecule has 2 heteroatoms. The van der Waals surface area contributed by atoms with Gasteiger partial charge in [0, 0.05) is 11.5 Å². The Balaban J connectivity index is 2.40. The number of benzene rings is 2. The maximum atomic E-state index is 9.86. The topological polar surface area (TPSA) is 40.5 Å². The van der Waals surface area contributed by atoms with Crippen LogP contribution in [0.4, 0.5) is 0 Å². The number of para-hydroxylation sites is 1. The average Bonchev–Trinajstić information content (AvgIpc) is 2.35. The van der Waals surface area contributed by atoms with Crippen LogP contribution in [0.1, 0.15) is 24.5 Å². The van der Waals surface area contributed by atoms with E-state index in [1.165, 1.54) is 0 Å². The molecular formula is C15H15O2. The lowest BCUT2D eigenvalue weighted by molar-refractivity contribution is 0.470. The minimum absolute atomic E-state index is 0.251. The zero-order chi connectivity index (χ0) is 12.3. The fraction of sp³-hybridized carbons (Fsp3) is 0.133. The molecule has 0 spiro atoms. The number of hydrogen-bond acceptors (Lipinski definition) is 2. The van der Waals surface area contributed by atoms with Gasteiger partial charge in [0.15, 0.2) is 0 Å². The molecule has 0 amide bonds. The SMILES string of the molecule is CC[C](c1ccc(O)cc1)c1ccccc1O. The summed E-state index contributed by atoms with van der Waals surface area (Å²) in [7, 11) is 0. The van der Waals surface area contributed by atoms with Gasteiger partial charge in [-0.3, -0.25) is 0 Å². The van der Waals surface area contributed by atoms with Crippen molar-refractivity contribution in [2.45, 2.75) is 13.3 Å². The normalized spacial score (nSPS) is 10.7. The van der Waals surface area contributed by atoms with Crippen molar-refractivity contribution < 1.29 is 10.2 Å². The van der Waals surface area contributed by atoms with Crippen LogP contribution in [0.25, 0.3) is 0 Å². The van der Waals surface area contributed by atoms with Gasteiger partial charge in [-0.1, -0.05) is 37.3 Å². The van der Waals surface area contributed by atoms with E-state index < -0.39 is 0 Å². The first-order valence-corrected chi connectivity index (χ1v) is 5.66. The van der Waals surface area contributed by atoms with Crippen molar-refractivity contribution in [3.63, 3.8) is 0 Å². The van der Waals surface area contributed by atoms with E-state index in [1.54, 1.807) is 18.2 Å². The molecule has 0 saturated carbocycles. The first-order chi connectivity index (χ1) is 8.22. The summed E-state index contributed by atoms with van der Waals surface area (Å²) in [6.45, 7) is 2.05. The lowest BCUT2D eigenvalue weighted by Gasteiger charge is -2.16. The molecule has 2 aromatic rings. The molecule has 0 unspecified atom stereocenters. The fourth-order valence-corrected chi connectivity index (χ4v) is 1.94. The predicted octanol–water partition coefficient (Wildman–Crippen LogP) is 3.48. The summed E-state index contributed by atoms with van der Waals surface area (Å²) in [4.78, 5) is 0. The predicted molar refractivity (Wildman–Crippen MR) is 68.0 cm³/mol. The van der Waals surface area contributed by atoms with Crippen LogP contribution in [0, 0.1) is 5.92 Å². The minimum atomic E-state index is 0.251. The molecule has 0 atom stereocenters. The van der Waals surface area contributed by atoms with Gasteiger partial charge in [-0.15, -0.1) is 0 Å². The zero-order valence-corrected chi connectivity index (χ0v) is 9.72. The van der Waals surface area contributed by atoms with Crippen molar-refractivity contribution in [2.24, 2.45) is 0 Å². The van der Waals surface area contributed by atoms with Gasteiger partial charge in [0.2, 0.25) is 0 Å². The lowest BCUT2D eigenvalue weighted by atomic mass is 9.88. The average molecular weight is 227 g/mol. The van der Waals surface area contributed by atoms with Crippen LogP contribution in [0.15, 0.2) is 48.5 Å². The highest BCUT2D eigenvalue weighted by atomic mass is 16.3. The summed E-state index contributed by atoms with van der Waals surface area (Å²) in [5.74, 6) is 1.61. The van der Waals surface area contributed by atoms with Gasteiger partial charge in [-0.2, -0.15) is 0 Å². The third-order valence-corrected chi connectivity index (χ3v) is 2.80. The molecule has 87 valence electrons. The lowest BCUT2D eigenvalue weighted by Crippen LogP contribution is -2.00. The molecule has 2 nitrogen and oxygen atoms in total. The Kier molecular flexibility index (Phi) is 3.33. The van der Waals surface area contributed by atoms with Crippen molar-refractivity contribution in [2.75, 3.05) is 0 Å². The Labute approximate surface area is 101 Å². The van der Waals surface area contributed by atoms with Crippen LogP contribution in [-0.2, 0) is 0 Å². The molecular weight excluding hydrogens is 212 g/mol. The van der Waals surface area contributed by atoms with Gasteiger partial charge in [-0.25, -0.2) is 0 Å². The fourth-order valence-electron chi connectivity index (χ4n) is 1.94. The van der Waals surface area contributed by atoms with E-state index in [2.05, 4.69) is 6.92 Å². The largest absolute Gasteiger partial charge is 0.508 e. The Bertz CT molecular complexity index is 489. The number of phenolic OH excluding ortho intramolecular Hbond substituents is 2. The number of aromatic hydroxyl groups is 2. The van der Waals surface area contributed by atoms with Crippen molar-refractivity contribution in [1.29, 1.82) is 0 Å². The van der Waals surface area contributed by atoms with E-state index in [-0.39, 0.29) is 11.5 Å². The van der Waals surface area contributed by atoms with E-state index in [4.69, 9.17) is 0 Å². The summed E-state index contributed by atoms with van der Waals surface area (Å²) in [5, 5.41) is 19.1. The van der Waals surface area contributed by atoms with E-state index in [0.717, 1.165) is 23.5 Å². The summed E-state index contributed by atoms with van der Waals surface area (Å²) < 4.78 is 0. The van der Waals surface area contributed by atoms with E-state index >= 15 is 0 Å². The Morgan fingerprint density at radius 3 is 2.18 bits per heavy atom. The maximum absolute atomic E-state index is 9.86. The van der Waals surface area contributed by atoms with Gasteiger partial charge in [0.25, 0.3) is 0 Å². The van der Waals surface area contributed by atoms with Crippen LogP contribution < -0.4 is 0 Å². The molecule has 0 aliphatic rings. The standard InChI is InChI=1S/C15H15O2/c1-2-13(11-7-9-12(16)10-8-11)14-5-3-4-6-15(14)17/h3-10,16-17H,2H2,1H3. The van der Waals surface area contributed by atoms with Crippen molar-refractivity contribution in [3.05, 3.63) is 65.6 Å². The van der Waals surface area contributed by atoms with Crippen LogP contribution >= 0.6 is 0 Å². The summed E-state index contributed by atoms with van der Waals surface area (Å²) in [5.41, 5.74) is 1.87. The maximum Gasteiger partial charge on any atom is 0.119 e. The molecule has 0 bridgehead atoms. The van der Waals surface area contributed by atoms with Crippen LogP contribution in [0.3, 0.4) is 0 Å².